The molecular formula is C16H15N3O2. The molecule has 1 atom stereocenters. The Morgan fingerprint density at radius 3 is 2.67 bits per heavy atom. The number of pyridine rings is 1. The minimum absolute atomic E-state index is 0.280. The zero-order valence-electron chi connectivity index (χ0n) is 11.8. The number of hydrogen-bond donors (Lipinski definition) is 1. The summed E-state index contributed by atoms with van der Waals surface area (Å²) < 4.78 is 5.53. The van der Waals surface area contributed by atoms with Crippen LogP contribution < -0.4 is 10.1 Å². The fourth-order valence-electron chi connectivity index (χ4n) is 1.70. The maximum atomic E-state index is 12.0. The molecule has 0 radical (unpaired) electrons. The summed E-state index contributed by atoms with van der Waals surface area (Å²) in [6.07, 6.45) is 0.970. The number of rotatable bonds is 4. The predicted molar refractivity (Wildman–Crippen MR) is 78.9 cm³/mol. The molecule has 1 N–H and O–H groups in total. The minimum Gasteiger partial charge on any atom is -0.481 e. The van der Waals surface area contributed by atoms with Gasteiger partial charge in [-0.15, -0.1) is 0 Å². The number of aryl methyl sites for hydroxylation is 1. The molecular weight excluding hydrogens is 266 g/mol. The van der Waals surface area contributed by atoms with Crippen LogP contribution in [0.4, 0.5) is 5.82 Å². The number of carbonyl (C=O) groups excluding carboxylic acids is 1. The number of carbonyl (C=O) groups is 1. The van der Waals surface area contributed by atoms with Crippen LogP contribution in [0.1, 0.15) is 18.1 Å². The highest BCUT2D eigenvalue weighted by atomic mass is 16.5. The second-order valence-electron chi connectivity index (χ2n) is 4.60. The second-order valence-corrected chi connectivity index (χ2v) is 4.60. The van der Waals surface area contributed by atoms with Crippen molar-refractivity contribution in [1.29, 1.82) is 5.26 Å². The normalized spacial score (nSPS) is 11.3. The van der Waals surface area contributed by atoms with E-state index in [1.54, 1.807) is 43.5 Å². The lowest BCUT2D eigenvalue weighted by Crippen LogP contribution is -2.30. The number of benzene rings is 1. The summed E-state index contributed by atoms with van der Waals surface area (Å²) >= 11 is 0. The fraction of sp³-hybridized carbons (Fsp3) is 0.188. The Morgan fingerprint density at radius 2 is 2.05 bits per heavy atom. The van der Waals surface area contributed by atoms with Gasteiger partial charge in [0.2, 0.25) is 0 Å². The molecule has 0 saturated carbocycles. The largest absolute Gasteiger partial charge is 0.481 e. The number of hydrogen-bond acceptors (Lipinski definition) is 4. The van der Waals surface area contributed by atoms with Crippen LogP contribution in [-0.2, 0) is 4.79 Å². The van der Waals surface area contributed by atoms with Crippen LogP contribution in [0.2, 0.25) is 0 Å². The first-order valence-corrected chi connectivity index (χ1v) is 6.49. The smallest absolute Gasteiger partial charge is 0.266 e. The predicted octanol–water partition coefficient (Wildman–Crippen LogP) is 2.67. The zero-order valence-corrected chi connectivity index (χ0v) is 11.8. The summed E-state index contributed by atoms with van der Waals surface area (Å²) in [7, 11) is 0. The van der Waals surface area contributed by atoms with Crippen LogP contribution in [0.15, 0.2) is 42.6 Å². The van der Waals surface area contributed by atoms with E-state index in [1.807, 2.05) is 19.1 Å². The molecule has 0 bridgehead atoms. The lowest BCUT2D eigenvalue weighted by Gasteiger charge is -2.14. The SMILES string of the molecule is Cc1ccnc(NC(=O)C(C)Oc2ccc(C#N)cc2)c1. The van der Waals surface area contributed by atoms with E-state index < -0.39 is 6.10 Å². The van der Waals surface area contributed by atoms with Crippen LogP contribution in [-0.4, -0.2) is 17.0 Å². The number of nitrogens with zero attached hydrogens (tertiary/aromatic N) is 2. The average Bonchev–Trinajstić information content (AvgIpc) is 2.48. The lowest BCUT2D eigenvalue weighted by atomic mass is 10.2. The highest BCUT2D eigenvalue weighted by molar-refractivity contribution is 5.93. The molecule has 2 rings (SSSR count). The van der Waals surface area contributed by atoms with E-state index in [4.69, 9.17) is 10.00 Å². The van der Waals surface area contributed by atoms with Gasteiger partial charge in [-0.05, 0) is 55.8 Å². The molecule has 106 valence electrons. The van der Waals surface area contributed by atoms with Crippen molar-refractivity contribution in [2.45, 2.75) is 20.0 Å². The molecule has 1 aromatic heterocycles. The van der Waals surface area contributed by atoms with Crippen LogP contribution in [0.3, 0.4) is 0 Å². The Labute approximate surface area is 123 Å². The molecule has 1 aromatic carbocycles. The van der Waals surface area contributed by atoms with E-state index in [2.05, 4.69) is 10.3 Å². The first-order valence-electron chi connectivity index (χ1n) is 6.49. The van der Waals surface area contributed by atoms with E-state index in [1.165, 1.54) is 0 Å². The monoisotopic (exact) mass is 281 g/mol. The molecule has 0 aliphatic heterocycles. The van der Waals surface area contributed by atoms with Gasteiger partial charge in [-0.1, -0.05) is 0 Å². The fourth-order valence-corrected chi connectivity index (χ4v) is 1.70. The Balaban J connectivity index is 1.97. The third-order valence-electron chi connectivity index (χ3n) is 2.83. The number of nitriles is 1. The van der Waals surface area contributed by atoms with E-state index in [-0.39, 0.29) is 5.91 Å². The molecule has 1 amide bonds. The summed E-state index contributed by atoms with van der Waals surface area (Å²) in [5.41, 5.74) is 1.56. The quantitative estimate of drug-likeness (QED) is 0.934. The lowest BCUT2D eigenvalue weighted by molar-refractivity contribution is -0.122. The molecule has 0 aliphatic carbocycles. The Kier molecular flexibility index (Phi) is 4.52. The molecule has 1 heterocycles. The van der Waals surface area contributed by atoms with Gasteiger partial charge in [-0.25, -0.2) is 4.98 Å². The molecule has 0 spiro atoms. The van der Waals surface area contributed by atoms with E-state index in [9.17, 15) is 4.79 Å². The van der Waals surface area contributed by atoms with Gasteiger partial charge in [0.15, 0.2) is 6.10 Å². The van der Waals surface area contributed by atoms with Gasteiger partial charge >= 0.3 is 0 Å². The second kappa shape index (κ2) is 6.53. The average molecular weight is 281 g/mol. The third kappa shape index (κ3) is 4.05. The molecule has 0 aliphatic rings. The standard InChI is InChI=1S/C16H15N3O2/c1-11-7-8-18-15(9-11)19-16(20)12(2)21-14-5-3-13(10-17)4-6-14/h3-9,12H,1-2H3,(H,18,19,20). The summed E-state index contributed by atoms with van der Waals surface area (Å²) in [6.45, 7) is 3.58. The van der Waals surface area contributed by atoms with Crippen molar-refractivity contribution in [2.24, 2.45) is 0 Å². The van der Waals surface area contributed by atoms with Crippen molar-refractivity contribution in [3.05, 3.63) is 53.7 Å². The summed E-state index contributed by atoms with van der Waals surface area (Å²) in [5, 5.41) is 11.4. The topological polar surface area (TPSA) is 75.0 Å². The highest BCUT2D eigenvalue weighted by Gasteiger charge is 2.15. The Bertz CT molecular complexity index is 675. The highest BCUT2D eigenvalue weighted by Crippen LogP contribution is 2.14. The first-order chi connectivity index (χ1) is 10.1. The Morgan fingerprint density at radius 1 is 1.33 bits per heavy atom. The van der Waals surface area contributed by atoms with Crippen LogP contribution in [0.25, 0.3) is 0 Å². The molecule has 1 unspecified atom stereocenters. The van der Waals surface area contributed by atoms with Gasteiger partial charge in [-0.2, -0.15) is 5.26 Å². The number of nitrogens with one attached hydrogen (secondary N) is 1. The van der Waals surface area contributed by atoms with Gasteiger partial charge in [-0.3, -0.25) is 4.79 Å². The van der Waals surface area contributed by atoms with Crippen LogP contribution >= 0.6 is 0 Å². The summed E-state index contributed by atoms with van der Waals surface area (Å²) in [4.78, 5) is 16.1. The van der Waals surface area contributed by atoms with Crippen molar-refractivity contribution >= 4 is 11.7 Å². The number of ether oxygens (including phenoxy) is 1. The minimum atomic E-state index is -0.666. The van der Waals surface area contributed by atoms with Gasteiger partial charge in [0, 0.05) is 6.20 Å². The van der Waals surface area contributed by atoms with Crippen LogP contribution in [0.5, 0.6) is 5.75 Å². The van der Waals surface area contributed by atoms with Crippen molar-refractivity contribution in [1.82, 2.24) is 4.98 Å². The van der Waals surface area contributed by atoms with Crippen LogP contribution in [0, 0.1) is 18.3 Å². The molecule has 0 saturated heterocycles. The molecule has 21 heavy (non-hydrogen) atoms. The summed E-state index contributed by atoms with van der Waals surface area (Å²) in [6, 6.07) is 12.3. The van der Waals surface area contributed by atoms with Gasteiger partial charge in [0.25, 0.3) is 5.91 Å². The molecule has 5 nitrogen and oxygen atoms in total. The first kappa shape index (κ1) is 14.5. The van der Waals surface area contributed by atoms with Crippen molar-refractivity contribution in [2.75, 3.05) is 5.32 Å². The van der Waals surface area contributed by atoms with E-state index >= 15 is 0 Å². The van der Waals surface area contributed by atoms with E-state index in [0.29, 0.717) is 17.1 Å². The van der Waals surface area contributed by atoms with Crippen molar-refractivity contribution in [3.63, 3.8) is 0 Å². The summed E-state index contributed by atoms with van der Waals surface area (Å²) in [5.74, 6) is 0.751. The van der Waals surface area contributed by atoms with E-state index in [0.717, 1.165) is 5.56 Å². The maximum absolute atomic E-state index is 12.0. The molecule has 0 fully saturated rings. The molecule has 5 heteroatoms. The van der Waals surface area contributed by atoms with Gasteiger partial charge < -0.3 is 10.1 Å². The maximum Gasteiger partial charge on any atom is 0.266 e. The zero-order chi connectivity index (χ0) is 15.2. The van der Waals surface area contributed by atoms with Gasteiger partial charge in [0.1, 0.15) is 11.6 Å². The Hall–Kier alpha value is -2.87. The van der Waals surface area contributed by atoms with Crippen molar-refractivity contribution in [3.8, 4) is 11.8 Å². The number of amides is 1. The van der Waals surface area contributed by atoms with Gasteiger partial charge in [0.05, 0.1) is 11.6 Å². The third-order valence-corrected chi connectivity index (χ3v) is 2.83. The number of anilines is 1. The number of aromatic nitrogens is 1. The molecule has 2 aromatic rings. The van der Waals surface area contributed by atoms with Crippen molar-refractivity contribution < 1.29 is 9.53 Å².